The molecule has 0 bridgehead atoms. The topological polar surface area (TPSA) is 33.7 Å². The van der Waals surface area contributed by atoms with Crippen LogP contribution < -0.4 is 9.88 Å². The molecule has 0 amide bonds. The zero-order chi connectivity index (χ0) is 17.9. The summed E-state index contributed by atoms with van der Waals surface area (Å²) in [5.41, 5.74) is 5.54. The number of aryl methyl sites for hydroxylation is 2. The average Bonchev–Trinajstić information content (AvgIpc) is 3.08. The Hall–Kier alpha value is -3.40. The van der Waals surface area contributed by atoms with Crippen molar-refractivity contribution >= 4 is 11.6 Å². The number of rotatable bonds is 4. The first-order valence-electron chi connectivity index (χ1n) is 8.68. The van der Waals surface area contributed by atoms with Crippen LogP contribution in [0.4, 0.5) is 11.6 Å². The number of nitrogens with zero attached hydrogens (tertiary/aromatic N) is 3. The molecule has 0 spiro atoms. The predicted octanol–water partition coefficient (Wildman–Crippen LogP) is 4.51. The molecule has 0 fully saturated rings. The monoisotopic (exact) mass is 341 g/mol. The maximum absolute atomic E-state index is 4.80. The van der Waals surface area contributed by atoms with Gasteiger partial charge in [-0.2, -0.15) is 4.57 Å². The summed E-state index contributed by atoms with van der Waals surface area (Å²) in [6, 6.07) is 26.7. The number of nitrogens with one attached hydrogen (secondary N) is 1. The van der Waals surface area contributed by atoms with Gasteiger partial charge in [0, 0.05) is 5.10 Å². The summed E-state index contributed by atoms with van der Waals surface area (Å²) in [6.45, 7) is 4.20. The summed E-state index contributed by atoms with van der Waals surface area (Å²) in [5, 5.41) is 8.29. The highest BCUT2D eigenvalue weighted by Gasteiger charge is 2.20. The first-order chi connectivity index (χ1) is 12.7. The smallest absolute Gasteiger partial charge is 0.260 e. The van der Waals surface area contributed by atoms with Gasteiger partial charge in [-0.25, -0.2) is 0 Å². The average molecular weight is 341 g/mol. The first-order valence-corrected chi connectivity index (χ1v) is 8.68. The van der Waals surface area contributed by atoms with E-state index in [0.717, 1.165) is 23.0 Å². The van der Waals surface area contributed by atoms with Gasteiger partial charge in [-0.3, -0.25) is 5.32 Å². The summed E-state index contributed by atoms with van der Waals surface area (Å²) in [5.74, 6) is 0.775. The van der Waals surface area contributed by atoms with Crippen molar-refractivity contribution in [3.05, 3.63) is 96.3 Å². The summed E-state index contributed by atoms with van der Waals surface area (Å²) in [6.07, 6.45) is 2.01. The zero-order valence-corrected chi connectivity index (χ0v) is 14.9. The van der Waals surface area contributed by atoms with Crippen LogP contribution in [-0.4, -0.2) is 9.78 Å². The minimum absolute atomic E-state index is 0.775. The summed E-state index contributed by atoms with van der Waals surface area (Å²) < 4.78 is 3.99. The zero-order valence-electron chi connectivity index (χ0n) is 14.9. The third kappa shape index (κ3) is 3.09. The third-order valence-electron chi connectivity index (χ3n) is 4.44. The lowest BCUT2D eigenvalue weighted by Crippen LogP contribution is -2.32. The van der Waals surface area contributed by atoms with Gasteiger partial charge in [0.05, 0.1) is 11.4 Å². The molecule has 0 aliphatic heterocycles. The second kappa shape index (κ2) is 6.84. The van der Waals surface area contributed by atoms with Crippen molar-refractivity contribution in [2.75, 3.05) is 5.32 Å². The molecule has 128 valence electrons. The highest BCUT2D eigenvalue weighted by molar-refractivity contribution is 5.57. The van der Waals surface area contributed by atoms with E-state index in [2.05, 4.69) is 54.1 Å². The van der Waals surface area contributed by atoms with Gasteiger partial charge in [-0.15, -0.1) is 4.68 Å². The van der Waals surface area contributed by atoms with Crippen LogP contribution in [0.5, 0.6) is 0 Å². The van der Waals surface area contributed by atoms with Crippen molar-refractivity contribution in [3.8, 4) is 11.4 Å². The Bertz CT molecular complexity index is 1030. The Morgan fingerprint density at radius 3 is 2.15 bits per heavy atom. The van der Waals surface area contributed by atoms with E-state index < -0.39 is 0 Å². The molecule has 0 unspecified atom stereocenters. The van der Waals surface area contributed by atoms with Crippen LogP contribution >= 0.6 is 0 Å². The summed E-state index contributed by atoms with van der Waals surface area (Å²) in [4.78, 5) is 0. The minimum atomic E-state index is 0.775. The number of hydrogen-bond donors (Lipinski definition) is 1. The molecule has 3 aromatic carbocycles. The molecular formula is C22H21N4+. The number of benzene rings is 3. The van der Waals surface area contributed by atoms with Crippen LogP contribution in [0.15, 0.2) is 85.2 Å². The molecule has 0 aliphatic rings. The molecule has 0 aliphatic carbocycles. The fraction of sp³-hybridized carbons (Fsp3) is 0.0909. The summed E-state index contributed by atoms with van der Waals surface area (Å²) >= 11 is 0. The van der Waals surface area contributed by atoms with Gasteiger partial charge in [0.2, 0.25) is 6.33 Å². The number of aromatic nitrogens is 3. The molecule has 1 heterocycles. The van der Waals surface area contributed by atoms with E-state index in [1.54, 1.807) is 0 Å². The van der Waals surface area contributed by atoms with E-state index in [4.69, 9.17) is 5.10 Å². The number of hydrogen-bond acceptors (Lipinski definition) is 2. The highest BCUT2D eigenvalue weighted by Crippen LogP contribution is 2.19. The van der Waals surface area contributed by atoms with Crippen molar-refractivity contribution in [2.24, 2.45) is 0 Å². The van der Waals surface area contributed by atoms with E-state index in [-0.39, 0.29) is 0 Å². The van der Waals surface area contributed by atoms with Gasteiger partial charge >= 0.3 is 5.95 Å². The van der Waals surface area contributed by atoms with Crippen LogP contribution in [0.25, 0.3) is 11.4 Å². The second-order valence-electron chi connectivity index (χ2n) is 6.32. The number of anilines is 2. The predicted molar refractivity (Wildman–Crippen MR) is 104 cm³/mol. The van der Waals surface area contributed by atoms with Crippen molar-refractivity contribution in [2.45, 2.75) is 13.8 Å². The van der Waals surface area contributed by atoms with Crippen LogP contribution in [0.2, 0.25) is 0 Å². The van der Waals surface area contributed by atoms with Crippen molar-refractivity contribution < 1.29 is 4.57 Å². The SMILES string of the molecule is Cc1ccccc1Nc1nn(-c2ccccc2)c[n+]1-c1ccccc1C. The van der Waals surface area contributed by atoms with Crippen LogP contribution in [0.3, 0.4) is 0 Å². The minimum Gasteiger partial charge on any atom is -0.260 e. The van der Waals surface area contributed by atoms with Crippen LogP contribution in [0, 0.1) is 13.8 Å². The Balaban J connectivity index is 1.85. The van der Waals surface area contributed by atoms with E-state index in [0.29, 0.717) is 0 Å². The molecule has 0 saturated carbocycles. The molecular weight excluding hydrogens is 320 g/mol. The van der Waals surface area contributed by atoms with E-state index in [9.17, 15) is 0 Å². The van der Waals surface area contributed by atoms with Gasteiger partial charge in [-0.05, 0) is 49.2 Å². The van der Waals surface area contributed by atoms with Crippen molar-refractivity contribution in [1.82, 2.24) is 9.78 Å². The lowest BCUT2D eigenvalue weighted by molar-refractivity contribution is -0.581. The molecule has 4 nitrogen and oxygen atoms in total. The van der Waals surface area contributed by atoms with Gasteiger partial charge in [0.1, 0.15) is 5.69 Å². The normalized spacial score (nSPS) is 10.7. The maximum Gasteiger partial charge on any atom is 0.387 e. The molecule has 0 atom stereocenters. The fourth-order valence-electron chi connectivity index (χ4n) is 2.97. The quantitative estimate of drug-likeness (QED) is 0.554. The molecule has 4 aromatic rings. The van der Waals surface area contributed by atoms with Crippen LogP contribution in [0.1, 0.15) is 11.1 Å². The number of para-hydroxylation sites is 3. The molecule has 26 heavy (non-hydrogen) atoms. The van der Waals surface area contributed by atoms with Crippen molar-refractivity contribution in [1.29, 1.82) is 0 Å². The molecule has 4 heteroatoms. The van der Waals surface area contributed by atoms with Gasteiger partial charge in [-0.1, -0.05) is 54.6 Å². The first kappa shape index (κ1) is 16.1. The molecule has 0 radical (unpaired) electrons. The molecule has 0 saturated heterocycles. The van der Waals surface area contributed by atoms with Gasteiger partial charge < -0.3 is 0 Å². The Morgan fingerprint density at radius 1 is 0.769 bits per heavy atom. The highest BCUT2D eigenvalue weighted by atomic mass is 15.4. The lowest BCUT2D eigenvalue weighted by atomic mass is 10.2. The Kier molecular flexibility index (Phi) is 4.23. The fourth-order valence-corrected chi connectivity index (χ4v) is 2.97. The third-order valence-corrected chi connectivity index (χ3v) is 4.44. The van der Waals surface area contributed by atoms with E-state index in [1.165, 1.54) is 11.1 Å². The van der Waals surface area contributed by atoms with Gasteiger partial charge in [0.25, 0.3) is 0 Å². The van der Waals surface area contributed by atoms with Crippen molar-refractivity contribution in [3.63, 3.8) is 0 Å². The molecule has 1 N–H and O–H groups in total. The van der Waals surface area contributed by atoms with E-state index >= 15 is 0 Å². The summed E-state index contributed by atoms with van der Waals surface area (Å²) in [7, 11) is 0. The van der Waals surface area contributed by atoms with E-state index in [1.807, 2.05) is 59.5 Å². The van der Waals surface area contributed by atoms with Gasteiger partial charge in [0.15, 0.2) is 0 Å². The largest absolute Gasteiger partial charge is 0.387 e. The Labute approximate surface area is 153 Å². The molecule has 4 rings (SSSR count). The lowest BCUT2D eigenvalue weighted by Gasteiger charge is -2.06. The molecule has 1 aromatic heterocycles. The van der Waals surface area contributed by atoms with Crippen LogP contribution in [-0.2, 0) is 0 Å². The standard InChI is InChI=1S/C22H21N4/c1-17-10-6-8-14-20(17)23-22-24-26(19-12-4-3-5-13-19)16-25(22)21-15-9-7-11-18(21)2/h3-16H,1-2H3,(H,23,24)/q+1. The second-order valence-corrected chi connectivity index (χ2v) is 6.32. The maximum atomic E-state index is 4.80. The Morgan fingerprint density at radius 2 is 1.42 bits per heavy atom.